The van der Waals surface area contributed by atoms with Crippen LogP contribution in [-0.4, -0.2) is 17.8 Å². The highest BCUT2D eigenvalue weighted by molar-refractivity contribution is 5.14. The van der Waals surface area contributed by atoms with E-state index in [1.165, 1.54) is 5.56 Å². The molecule has 1 aromatic rings. The van der Waals surface area contributed by atoms with E-state index in [2.05, 4.69) is 31.2 Å². The van der Waals surface area contributed by atoms with Gasteiger partial charge in [0.25, 0.3) is 0 Å². The SMILES string of the molecule is CCC(CN)C(O)CCCc1ccccc1. The Hall–Kier alpha value is -0.860. The van der Waals surface area contributed by atoms with E-state index in [4.69, 9.17) is 5.73 Å². The van der Waals surface area contributed by atoms with Crippen molar-refractivity contribution in [2.75, 3.05) is 6.54 Å². The van der Waals surface area contributed by atoms with Gasteiger partial charge in [-0.25, -0.2) is 0 Å². The molecule has 16 heavy (non-hydrogen) atoms. The lowest BCUT2D eigenvalue weighted by Gasteiger charge is -2.19. The lowest BCUT2D eigenvalue weighted by molar-refractivity contribution is 0.0984. The number of hydrogen-bond acceptors (Lipinski definition) is 2. The third kappa shape index (κ3) is 4.33. The van der Waals surface area contributed by atoms with Crippen LogP contribution in [0.4, 0.5) is 0 Å². The summed E-state index contributed by atoms with van der Waals surface area (Å²) in [6.07, 6.45) is 3.65. The van der Waals surface area contributed by atoms with Crippen LogP contribution in [0.2, 0.25) is 0 Å². The van der Waals surface area contributed by atoms with Crippen molar-refractivity contribution in [2.24, 2.45) is 11.7 Å². The largest absolute Gasteiger partial charge is 0.393 e. The lowest BCUT2D eigenvalue weighted by atomic mass is 9.94. The van der Waals surface area contributed by atoms with Gasteiger partial charge in [-0.15, -0.1) is 0 Å². The van der Waals surface area contributed by atoms with Crippen LogP contribution in [0.3, 0.4) is 0 Å². The maximum absolute atomic E-state index is 9.91. The summed E-state index contributed by atoms with van der Waals surface area (Å²) in [6, 6.07) is 10.4. The summed E-state index contributed by atoms with van der Waals surface area (Å²) in [5, 5.41) is 9.91. The molecular weight excluding hydrogens is 198 g/mol. The summed E-state index contributed by atoms with van der Waals surface area (Å²) >= 11 is 0. The van der Waals surface area contributed by atoms with Crippen LogP contribution >= 0.6 is 0 Å². The summed E-state index contributed by atoms with van der Waals surface area (Å²) in [4.78, 5) is 0. The molecule has 1 rings (SSSR count). The summed E-state index contributed by atoms with van der Waals surface area (Å²) in [6.45, 7) is 2.67. The van der Waals surface area contributed by atoms with Crippen LogP contribution in [0.25, 0.3) is 0 Å². The van der Waals surface area contributed by atoms with Crippen molar-refractivity contribution in [1.29, 1.82) is 0 Å². The minimum atomic E-state index is -0.237. The number of rotatable bonds is 7. The number of aryl methyl sites for hydroxylation is 1. The number of nitrogens with two attached hydrogens (primary N) is 1. The normalized spacial score (nSPS) is 14.7. The quantitative estimate of drug-likeness (QED) is 0.742. The molecule has 0 aromatic heterocycles. The molecule has 2 unspecified atom stereocenters. The van der Waals surface area contributed by atoms with E-state index in [-0.39, 0.29) is 12.0 Å². The molecule has 0 aliphatic carbocycles. The predicted octanol–water partition coefficient (Wildman–Crippen LogP) is 2.36. The first-order chi connectivity index (χ1) is 7.77. The molecule has 0 aliphatic heterocycles. The number of aliphatic hydroxyl groups is 1. The predicted molar refractivity (Wildman–Crippen MR) is 68.2 cm³/mol. The summed E-state index contributed by atoms with van der Waals surface area (Å²) in [5.41, 5.74) is 6.95. The van der Waals surface area contributed by atoms with Crippen LogP contribution in [0.5, 0.6) is 0 Å². The molecule has 0 heterocycles. The molecule has 2 atom stereocenters. The molecule has 2 nitrogen and oxygen atoms in total. The number of aliphatic hydroxyl groups excluding tert-OH is 1. The Morgan fingerprint density at radius 1 is 1.25 bits per heavy atom. The Morgan fingerprint density at radius 3 is 2.50 bits per heavy atom. The molecule has 0 aliphatic rings. The minimum absolute atomic E-state index is 0.237. The lowest BCUT2D eigenvalue weighted by Crippen LogP contribution is -2.27. The minimum Gasteiger partial charge on any atom is -0.393 e. The third-order valence-corrected chi connectivity index (χ3v) is 3.18. The van der Waals surface area contributed by atoms with Crippen molar-refractivity contribution in [1.82, 2.24) is 0 Å². The van der Waals surface area contributed by atoms with E-state index in [1.807, 2.05) is 6.07 Å². The van der Waals surface area contributed by atoms with Crippen molar-refractivity contribution >= 4 is 0 Å². The molecule has 0 fully saturated rings. The van der Waals surface area contributed by atoms with Gasteiger partial charge in [0.05, 0.1) is 6.10 Å². The van der Waals surface area contributed by atoms with Crippen molar-refractivity contribution in [3.63, 3.8) is 0 Å². The van der Waals surface area contributed by atoms with Gasteiger partial charge in [-0.1, -0.05) is 37.3 Å². The highest BCUT2D eigenvalue weighted by atomic mass is 16.3. The van der Waals surface area contributed by atoms with Gasteiger partial charge in [0.15, 0.2) is 0 Å². The Morgan fingerprint density at radius 2 is 1.94 bits per heavy atom. The fraction of sp³-hybridized carbons (Fsp3) is 0.571. The van der Waals surface area contributed by atoms with E-state index in [9.17, 15) is 5.11 Å². The molecular formula is C14H23NO. The zero-order chi connectivity index (χ0) is 11.8. The number of hydrogen-bond donors (Lipinski definition) is 2. The van der Waals surface area contributed by atoms with Crippen molar-refractivity contribution in [2.45, 2.75) is 38.7 Å². The van der Waals surface area contributed by atoms with Crippen LogP contribution in [-0.2, 0) is 6.42 Å². The zero-order valence-electron chi connectivity index (χ0n) is 10.1. The zero-order valence-corrected chi connectivity index (χ0v) is 10.1. The van der Waals surface area contributed by atoms with E-state index in [0.717, 1.165) is 25.7 Å². The fourth-order valence-corrected chi connectivity index (χ4v) is 1.99. The first-order valence-electron chi connectivity index (χ1n) is 6.20. The highest BCUT2D eigenvalue weighted by Gasteiger charge is 2.14. The van der Waals surface area contributed by atoms with E-state index in [1.54, 1.807) is 0 Å². The Balaban J connectivity index is 2.25. The van der Waals surface area contributed by atoms with Crippen LogP contribution in [0, 0.1) is 5.92 Å². The monoisotopic (exact) mass is 221 g/mol. The first kappa shape index (κ1) is 13.2. The second-order valence-electron chi connectivity index (χ2n) is 4.35. The molecule has 3 N–H and O–H groups in total. The molecule has 0 radical (unpaired) electrons. The van der Waals surface area contributed by atoms with E-state index >= 15 is 0 Å². The first-order valence-corrected chi connectivity index (χ1v) is 6.20. The maximum atomic E-state index is 9.91. The second-order valence-corrected chi connectivity index (χ2v) is 4.35. The summed E-state index contributed by atoms with van der Waals surface area (Å²) in [5.74, 6) is 0.260. The van der Waals surface area contributed by atoms with Crippen LogP contribution in [0.1, 0.15) is 31.7 Å². The highest BCUT2D eigenvalue weighted by Crippen LogP contribution is 2.14. The molecule has 90 valence electrons. The fourth-order valence-electron chi connectivity index (χ4n) is 1.99. The Kier molecular flexibility index (Phi) is 6.12. The summed E-state index contributed by atoms with van der Waals surface area (Å²) in [7, 11) is 0. The standard InChI is InChI=1S/C14H23NO/c1-2-13(11-15)14(16)10-6-9-12-7-4-3-5-8-12/h3-5,7-8,13-14,16H,2,6,9-11,15H2,1H3. The van der Waals surface area contributed by atoms with Gasteiger partial charge < -0.3 is 10.8 Å². The van der Waals surface area contributed by atoms with Gasteiger partial charge in [0, 0.05) is 0 Å². The average Bonchev–Trinajstić information content (AvgIpc) is 2.32. The Bertz CT molecular complexity index is 269. The molecule has 0 spiro atoms. The molecule has 0 bridgehead atoms. The van der Waals surface area contributed by atoms with Gasteiger partial charge in [-0.05, 0) is 43.7 Å². The average molecular weight is 221 g/mol. The van der Waals surface area contributed by atoms with Gasteiger partial charge >= 0.3 is 0 Å². The second kappa shape index (κ2) is 7.42. The summed E-state index contributed by atoms with van der Waals surface area (Å²) < 4.78 is 0. The maximum Gasteiger partial charge on any atom is 0.0580 e. The van der Waals surface area contributed by atoms with E-state index < -0.39 is 0 Å². The van der Waals surface area contributed by atoms with Crippen molar-refractivity contribution < 1.29 is 5.11 Å². The van der Waals surface area contributed by atoms with Gasteiger partial charge in [-0.2, -0.15) is 0 Å². The smallest absolute Gasteiger partial charge is 0.0580 e. The third-order valence-electron chi connectivity index (χ3n) is 3.18. The number of benzene rings is 1. The molecule has 1 aromatic carbocycles. The Labute approximate surface area is 98.5 Å². The molecule has 0 saturated heterocycles. The molecule has 0 saturated carbocycles. The van der Waals surface area contributed by atoms with Crippen LogP contribution < -0.4 is 5.73 Å². The van der Waals surface area contributed by atoms with E-state index in [0.29, 0.717) is 6.54 Å². The van der Waals surface area contributed by atoms with Crippen molar-refractivity contribution in [3.05, 3.63) is 35.9 Å². The topological polar surface area (TPSA) is 46.2 Å². The van der Waals surface area contributed by atoms with Crippen LogP contribution in [0.15, 0.2) is 30.3 Å². The molecule has 0 amide bonds. The van der Waals surface area contributed by atoms with Gasteiger partial charge in [0.2, 0.25) is 0 Å². The van der Waals surface area contributed by atoms with Crippen molar-refractivity contribution in [3.8, 4) is 0 Å². The van der Waals surface area contributed by atoms with Gasteiger partial charge in [0.1, 0.15) is 0 Å². The molecule has 2 heteroatoms. The van der Waals surface area contributed by atoms with Gasteiger partial charge in [-0.3, -0.25) is 0 Å².